The molecular weight excluding hydrogens is 278 g/mol. The molecule has 1 rings (SSSR count). The highest BCUT2D eigenvalue weighted by molar-refractivity contribution is 9.10. The Balaban J connectivity index is 0.00000106. The summed E-state index contributed by atoms with van der Waals surface area (Å²) in [6, 6.07) is 2.19. The number of rotatable bonds is 3. The Morgan fingerprint density at radius 2 is 1.88 bits per heavy atom. The van der Waals surface area contributed by atoms with Crippen LogP contribution in [0.15, 0.2) is 22.9 Å². The van der Waals surface area contributed by atoms with Gasteiger partial charge in [-0.1, -0.05) is 13.8 Å². The molecule has 0 aliphatic carbocycles. The van der Waals surface area contributed by atoms with E-state index in [4.69, 9.17) is 4.74 Å². The maximum absolute atomic E-state index is 13.2. The average Bonchev–Trinajstić information content (AvgIpc) is 2.28. The van der Waals surface area contributed by atoms with E-state index in [0.29, 0.717) is 6.61 Å². The summed E-state index contributed by atoms with van der Waals surface area (Å²) in [6.45, 7) is 6.31. The minimum atomic E-state index is -0.498. The highest BCUT2D eigenvalue weighted by Gasteiger charge is 2.05. The Morgan fingerprint density at radius 3 is 2.44 bits per heavy atom. The van der Waals surface area contributed by atoms with Crippen molar-refractivity contribution in [1.82, 2.24) is 0 Å². The first-order valence-electron chi connectivity index (χ1n) is 5.08. The van der Waals surface area contributed by atoms with E-state index in [1.807, 2.05) is 20.8 Å². The number of ether oxygens (including phenoxy) is 1. The molecule has 0 spiro atoms. The van der Waals surface area contributed by atoms with Crippen LogP contribution in [0.1, 0.15) is 26.3 Å². The third kappa shape index (κ3) is 4.75. The smallest absolute Gasteiger partial charge is 0.138 e. The SMILES string of the molecule is CC.CCO/C=C/c1cc(F)c(Br)cc1F. The van der Waals surface area contributed by atoms with E-state index in [9.17, 15) is 8.78 Å². The first-order valence-corrected chi connectivity index (χ1v) is 5.87. The van der Waals surface area contributed by atoms with E-state index in [-0.39, 0.29) is 10.0 Å². The van der Waals surface area contributed by atoms with Crippen LogP contribution in [0.3, 0.4) is 0 Å². The van der Waals surface area contributed by atoms with Crippen LogP contribution in [0.25, 0.3) is 6.08 Å². The predicted octanol–water partition coefficient (Wildman–Crippen LogP) is 4.76. The summed E-state index contributed by atoms with van der Waals surface area (Å²) in [5.74, 6) is -0.989. The molecule has 0 atom stereocenters. The average molecular weight is 293 g/mol. The van der Waals surface area contributed by atoms with Crippen LogP contribution in [0.4, 0.5) is 8.78 Å². The lowest BCUT2D eigenvalue weighted by Crippen LogP contribution is -1.87. The van der Waals surface area contributed by atoms with Crippen molar-refractivity contribution in [2.75, 3.05) is 6.61 Å². The quantitative estimate of drug-likeness (QED) is 0.576. The van der Waals surface area contributed by atoms with E-state index in [1.165, 1.54) is 12.3 Å². The van der Waals surface area contributed by atoms with Gasteiger partial charge < -0.3 is 4.74 Å². The maximum Gasteiger partial charge on any atom is 0.138 e. The van der Waals surface area contributed by atoms with Gasteiger partial charge in [0.2, 0.25) is 0 Å². The van der Waals surface area contributed by atoms with Gasteiger partial charge in [-0.2, -0.15) is 0 Å². The molecule has 0 unspecified atom stereocenters. The van der Waals surface area contributed by atoms with Crippen molar-refractivity contribution in [2.45, 2.75) is 20.8 Å². The van der Waals surface area contributed by atoms with Crippen molar-refractivity contribution in [3.8, 4) is 0 Å². The van der Waals surface area contributed by atoms with Crippen LogP contribution in [0.2, 0.25) is 0 Å². The van der Waals surface area contributed by atoms with Gasteiger partial charge in [0.25, 0.3) is 0 Å². The number of hydrogen-bond donors (Lipinski definition) is 0. The van der Waals surface area contributed by atoms with Crippen LogP contribution in [-0.2, 0) is 4.74 Å². The second-order valence-corrected chi connectivity index (χ2v) is 3.40. The fourth-order valence-electron chi connectivity index (χ4n) is 0.883. The highest BCUT2D eigenvalue weighted by Crippen LogP contribution is 2.20. The fourth-order valence-corrected chi connectivity index (χ4v) is 1.20. The molecule has 0 aliphatic rings. The van der Waals surface area contributed by atoms with E-state index < -0.39 is 11.6 Å². The first-order chi connectivity index (χ1) is 7.65. The van der Waals surface area contributed by atoms with Crippen molar-refractivity contribution < 1.29 is 13.5 Å². The van der Waals surface area contributed by atoms with Crippen molar-refractivity contribution in [3.05, 3.63) is 40.1 Å². The Morgan fingerprint density at radius 1 is 1.25 bits per heavy atom. The summed E-state index contributed by atoms with van der Waals surface area (Å²) in [6.07, 6.45) is 2.72. The van der Waals surface area contributed by atoms with Crippen LogP contribution >= 0.6 is 15.9 Å². The topological polar surface area (TPSA) is 9.23 Å². The summed E-state index contributed by atoms with van der Waals surface area (Å²) < 4.78 is 31.1. The summed E-state index contributed by atoms with van der Waals surface area (Å²) in [5, 5.41) is 0. The summed E-state index contributed by atoms with van der Waals surface area (Å²) in [5.41, 5.74) is 0.166. The summed E-state index contributed by atoms with van der Waals surface area (Å²) in [7, 11) is 0. The minimum absolute atomic E-state index is 0.114. The van der Waals surface area contributed by atoms with Gasteiger partial charge in [0.1, 0.15) is 11.6 Å². The molecule has 90 valence electrons. The monoisotopic (exact) mass is 292 g/mol. The summed E-state index contributed by atoms with van der Waals surface area (Å²) in [4.78, 5) is 0. The van der Waals surface area contributed by atoms with Gasteiger partial charge in [-0.15, -0.1) is 0 Å². The van der Waals surface area contributed by atoms with Gasteiger partial charge in [-0.3, -0.25) is 0 Å². The predicted molar refractivity (Wildman–Crippen MR) is 66.1 cm³/mol. The molecule has 0 amide bonds. The third-order valence-electron chi connectivity index (χ3n) is 1.55. The molecule has 0 radical (unpaired) electrons. The van der Waals surface area contributed by atoms with Crippen molar-refractivity contribution in [3.63, 3.8) is 0 Å². The maximum atomic E-state index is 13.2. The second-order valence-electron chi connectivity index (χ2n) is 2.55. The van der Waals surface area contributed by atoms with Gasteiger partial charge in [0.05, 0.1) is 17.3 Å². The van der Waals surface area contributed by atoms with E-state index in [0.717, 1.165) is 12.1 Å². The molecule has 0 saturated heterocycles. The van der Waals surface area contributed by atoms with Gasteiger partial charge in [0.15, 0.2) is 0 Å². The third-order valence-corrected chi connectivity index (χ3v) is 2.16. The number of benzene rings is 1. The standard InChI is InChI=1S/C10H9BrF2O.C2H6/c1-2-14-4-3-7-5-10(13)8(11)6-9(7)12;1-2/h3-6H,2H2,1H3;1-2H3/b4-3+;. The Bertz CT molecular complexity index is 351. The molecule has 0 aliphatic heterocycles. The molecule has 4 heteroatoms. The van der Waals surface area contributed by atoms with Crippen LogP contribution in [0, 0.1) is 11.6 Å². The van der Waals surface area contributed by atoms with Gasteiger partial charge in [-0.05, 0) is 41.1 Å². The first kappa shape index (κ1) is 15.1. The lowest BCUT2D eigenvalue weighted by atomic mass is 10.2. The Kier molecular flexibility index (Phi) is 7.81. The fraction of sp³-hybridized carbons (Fsp3) is 0.333. The molecule has 1 aromatic carbocycles. The minimum Gasteiger partial charge on any atom is -0.501 e. The highest BCUT2D eigenvalue weighted by atomic mass is 79.9. The summed E-state index contributed by atoms with van der Waals surface area (Å²) >= 11 is 2.89. The van der Waals surface area contributed by atoms with Crippen LogP contribution in [0.5, 0.6) is 0 Å². The van der Waals surface area contributed by atoms with Gasteiger partial charge in [-0.25, -0.2) is 8.78 Å². The van der Waals surface area contributed by atoms with Crippen molar-refractivity contribution >= 4 is 22.0 Å². The molecular formula is C12H15BrF2O. The molecule has 0 N–H and O–H groups in total. The zero-order valence-corrected chi connectivity index (χ0v) is 11.1. The van der Waals surface area contributed by atoms with Crippen molar-refractivity contribution in [2.24, 2.45) is 0 Å². The van der Waals surface area contributed by atoms with Gasteiger partial charge in [0, 0.05) is 5.56 Å². The largest absolute Gasteiger partial charge is 0.501 e. The zero-order chi connectivity index (χ0) is 12.6. The Hall–Kier alpha value is -0.900. The lowest BCUT2D eigenvalue weighted by Gasteiger charge is -1.99. The zero-order valence-electron chi connectivity index (χ0n) is 9.56. The molecule has 0 fully saturated rings. The Labute approximate surface area is 103 Å². The molecule has 1 nitrogen and oxygen atoms in total. The number of hydrogen-bond acceptors (Lipinski definition) is 1. The lowest BCUT2D eigenvalue weighted by molar-refractivity contribution is 0.272. The van der Waals surface area contributed by atoms with Crippen LogP contribution in [-0.4, -0.2) is 6.61 Å². The van der Waals surface area contributed by atoms with Gasteiger partial charge >= 0.3 is 0 Å². The molecule has 0 aromatic heterocycles. The molecule has 1 aromatic rings. The number of halogens is 3. The van der Waals surface area contributed by atoms with E-state index in [2.05, 4.69) is 15.9 Å². The second kappa shape index (κ2) is 8.28. The van der Waals surface area contributed by atoms with E-state index >= 15 is 0 Å². The molecule has 0 bridgehead atoms. The molecule has 16 heavy (non-hydrogen) atoms. The van der Waals surface area contributed by atoms with E-state index in [1.54, 1.807) is 0 Å². The molecule has 0 heterocycles. The molecule has 0 saturated carbocycles. The normalized spacial score (nSPS) is 9.88. The van der Waals surface area contributed by atoms with Crippen LogP contribution < -0.4 is 0 Å². The van der Waals surface area contributed by atoms with Crippen molar-refractivity contribution in [1.29, 1.82) is 0 Å².